The third-order valence-electron chi connectivity index (χ3n) is 2.97. The highest BCUT2D eigenvalue weighted by Crippen LogP contribution is 2.40. The van der Waals surface area contributed by atoms with Crippen molar-refractivity contribution in [2.45, 2.75) is 13.3 Å². The maximum absolute atomic E-state index is 11.4. The van der Waals surface area contributed by atoms with Crippen LogP contribution in [0.1, 0.15) is 13.3 Å². The molecule has 126 valence electrons. The predicted octanol–water partition coefficient (Wildman–Crippen LogP) is 4.97. The second-order valence-electron chi connectivity index (χ2n) is 5.13. The molecule has 0 spiro atoms. The molecule has 0 aliphatic rings. The molecule has 0 saturated carbocycles. The Morgan fingerprint density at radius 1 is 0.958 bits per heavy atom. The van der Waals surface area contributed by atoms with Crippen molar-refractivity contribution < 1.29 is 18.6 Å². The van der Waals surface area contributed by atoms with Crippen molar-refractivity contribution in [3.8, 4) is 11.5 Å². The van der Waals surface area contributed by atoms with Crippen molar-refractivity contribution in [2.24, 2.45) is 0 Å². The van der Waals surface area contributed by atoms with E-state index in [-0.39, 0.29) is 5.97 Å². The second-order valence-corrected chi connectivity index (χ2v) is 6.61. The first kappa shape index (κ1) is 18.0. The number of carbonyl (C=O) groups is 1. The molecule has 0 heterocycles. The minimum atomic E-state index is -1.17. The van der Waals surface area contributed by atoms with E-state index in [4.69, 9.17) is 13.8 Å². The van der Waals surface area contributed by atoms with Crippen LogP contribution in [0.5, 0.6) is 11.5 Å². The lowest BCUT2D eigenvalue weighted by Gasteiger charge is -2.18. The first-order valence-electron chi connectivity index (χ1n) is 7.71. The van der Waals surface area contributed by atoms with Gasteiger partial charge in [-0.25, -0.2) is 4.79 Å². The molecular formula is C19H21O4P. The average Bonchev–Trinajstić information content (AvgIpc) is 2.60. The van der Waals surface area contributed by atoms with Crippen LogP contribution in [0.15, 0.2) is 72.8 Å². The Morgan fingerprint density at radius 3 is 1.92 bits per heavy atom. The summed E-state index contributed by atoms with van der Waals surface area (Å²) in [5.41, 5.74) is 0.401. The molecular weight excluding hydrogens is 323 g/mol. The zero-order chi connectivity index (χ0) is 17.2. The zero-order valence-electron chi connectivity index (χ0n) is 13.7. The van der Waals surface area contributed by atoms with Gasteiger partial charge in [-0.15, -0.1) is 0 Å². The first-order chi connectivity index (χ1) is 11.6. The van der Waals surface area contributed by atoms with Crippen LogP contribution >= 0.6 is 8.38 Å². The molecule has 0 radical (unpaired) electrons. The molecule has 0 bridgehead atoms. The Hall–Kier alpha value is -2.32. The van der Waals surface area contributed by atoms with Gasteiger partial charge in [0.05, 0.1) is 6.61 Å². The SMILES string of the molecule is C=C(C)C(=O)OCCCP(Oc1ccccc1)Oc1ccccc1. The van der Waals surface area contributed by atoms with Gasteiger partial charge in [0.1, 0.15) is 11.5 Å². The van der Waals surface area contributed by atoms with Gasteiger partial charge in [-0.05, 0) is 37.6 Å². The molecule has 0 aliphatic heterocycles. The Bertz CT molecular complexity index is 601. The van der Waals surface area contributed by atoms with E-state index in [1.165, 1.54) is 0 Å². The average molecular weight is 344 g/mol. The summed E-state index contributed by atoms with van der Waals surface area (Å²) in [5, 5.41) is 0. The monoisotopic (exact) mass is 344 g/mol. The highest BCUT2D eigenvalue weighted by molar-refractivity contribution is 7.48. The molecule has 0 N–H and O–H groups in total. The van der Waals surface area contributed by atoms with Gasteiger partial charge in [-0.1, -0.05) is 43.0 Å². The fourth-order valence-corrected chi connectivity index (χ4v) is 3.11. The van der Waals surface area contributed by atoms with Gasteiger partial charge in [0, 0.05) is 11.7 Å². The molecule has 4 nitrogen and oxygen atoms in total. The maximum Gasteiger partial charge on any atom is 0.333 e. The minimum Gasteiger partial charge on any atom is -0.462 e. The molecule has 2 aromatic rings. The van der Waals surface area contributed by atoms with E-state index in [1.807, 2.05) is 60.7 Å². The third-order valence-corrected chi connectivity index (χ3v) is 4.48. The summed E-state index contributed by atoms with van der Waals surface area (Å²) < 4.78 is 17.0. The van der Waals surface area contributed by atoms with E-state index < -0.39 is 8.38 Å². The molecule has 0 unspecified atom stereocenters. The number of hydrogen-bond donors (Lipinski definition) is 0. The van der Waals surface area contributed by atoms with E-state index in [0.717, 1.165) is 11.5 Å². The number of hydrogen-bond acceptors (Lipinski definition) is 4. The van der Waals surface area contributed by atoms with Gasteiger partial charge in [0.25, 0.3) is 8.38 Å². The van der Waals surface area contributed by atoms with E-state index in [1.54, 1.807) is 6.92 Å². The van der Waals surface area contributed by atoms with Crippen LogP contribution in [-0.4, -0.2) is 18.7 Å². The molecule has 0 aromatic heterocycles. The third kappa shape index (κ3) is 6.43. The fraction of sp³-hybridized carbons (Fsp3) is 0.211. The van der Waals surface area contributed by atoms with Crippen molar-refractivity contribution in [2.75, 3.05) is 12.8 Å². The summed E-state index contributed by atoms with van der Waals surface area (Å²) in [4.78, 5) is 11.4. The van der Waals surface area contributed by atoms with E-state index in [0.29, 0.717) is 24.8 Å². The molecule has 2 rings (SSSR count). The summed E-state index contributed by atoms with van der Waals surface area (Å²) in [6, 6.07) is 19.1. The number of esters is 1. The van der Waals surface area contributed by atoms with Crippen LogP contribution in [0.4, 0.5) is 0 Å². The largest absolute Gasteiger partial charge is 0.462 e. The van der Waals surface area contributed by atoms with E-state index in [2.05, 4.69) is 6.58 Å². The highest BCUT2D eigenvalue weighted by atomic mass is 31.2. The minimum absolute atomic E-state index is 0.320. The topological polar surface area (TPSA) is 44.8 Å². The predicted molar refractivity (Wildman–Crippen MR) is 96.3 cm³/mol. The quantitative estimate of drug-likeness (QED) is 0.279. The van der Waals surface area contributed by atoms with Crippen molar-refractivity contribution in [3.05, 3.63) is 72.8 Å². The smallest absolute Gasteiger partial charge is 0.333 e. The number of para-hydroxylation sites is 2. The van der Waals surface area contributed by atoms with E-state index in [9.17, 15) is 4.79 Å². The lowest BCUT2D eigenvalue weighted by atomic mass is 10.3. The number of carbonyl (C=O) groups excluding carboxylic acids is 1. The van der Waals surface area contributed by atoms with Gasteiger partial charge in [-0.2, -0.15) is 0 Å². The first-order valence-corrected chi connectivity index (χ1v) is 9.07. The van der Waals surface area contributed by atoms with Crippen molar-refractivity contribution in [1.82, 2.24) is 0 Å². The Labute approximate surface area is 144 Å². The van der Waals surface area contributed by atoms with Crippen LogP contribution < -0.4 is 9.05 Å². The molecule has 0 atom stereocenters. The van der Waals surface area contributed by atoms with Crippen LogP contribution in [-0.2, 0) is 9.53 Å². The van der Waals surface area contributed by atoms with Crippen LogP contribution in [0, 0.1) is 0 Å². The Morgan fingerprint density at radius 2 is 1.46 bits per heavy atom. The Balaban J connectivity index is 1.90. The van der Waals surface area contributed by atoms with Gasteiger partial charge in [-0.3, -0.25) is 0 Å². The van der Waals surface area contributed by atoms with Crippen LogP contribution in [0.3, 0.4) is 0 Å². The fourth-order valence-electron chi connectivity index (χ4n) is 1.79. The van der Waals surface area contributed by atoms with Crippen molar-refractivity contribution in [3.63, 3.8) is 0 Å². The van der Waals surface area contributed by atoms with E-state index >= 15 is 0 Å². The molecule has 0 saturated heterocycles. The van der Waals surface area contributed by atoms with Gasteiger partial charge in [0.2, 0.25) is 0 Å². The molecule has 0 fully saturated rings. The molecule has 0 amide bonds. The molecule has 5 heteroatoms. The summed E-state index contributed by atoms with van der Waals surface area (Å²) in [7, 11) is -1.17. The Kier molecular flexibility index (Phi) is 7.31. The normalized spacial score (nSPS) is 10.2. The standard InChI is InChI=1S/C19H21O4P/c1-16(2)19(20)21-14-9-15-24(22-17-10-5-3-6-11-17)23-18-12-7-4-8-13-18/h3-8,10-13H,1,9,14-15H2,2H3. The lowest BCUT2D eigenvalue weighted by Crippen LogP contribution is -2.08. The van der Waals surface area contributed by atoms with Crippen molar-refractivity contribution >= 4 is 14.3 Å². The number of benzene rings is 2. The van der Waals surface area contributed by atoms with Gasteiger partial charge < -0.3 is 13.8 Å². The van der Waals surface area contributed by atoms with Crippen molar-refractivity contribution in [1.29, 1.82) is 0 Å². The molecule has 24 heavy (non-hydrogen) atoms. The van der Waals surface area contributed by atoms with Gasteiger partial charge in [0.15, 0.2) is 0 Å². The second kappa shape index (κ2) is 9.74. The van der Waals surface area contributed by atoms with Gasteiger partial charge >= 0.3 is 5.97 Å². The van der Waals surface area contributed by atoms with Crippen LogP contribution in [0.2, 0.25) is 0 Å². The highest BCUT2D eigenvalue weighted by Gasteiger charge is 2.15. The molecule has 0 aliphatic carbocycles. The zero-order valence-corrected chi connectivity index (χ0v) is 14.6. The van der Waals surface area contributed by atoms with Crippen LogP contribution in [0.25, 0.3) is 0 Å². The number of rotatable bonds is 9. The lowest BCUT2D eigenvalue weighted by molar-refractivity contribution is -0.138. The maximum atomic E-state index is 11.4. The number of ether oxygens (including phenoxy) is 1. The molecule has 2 aromatic carbocycles. The summed E-state index contributed by atoms with van der Waals surface area (Å²) in [5.74, 6) is 1.16. The summed E-state index contributed by atoms with van der Waals surface area (Å²) in [6.45, 7) is 5.51. The summed E-state index contributed by atoms with van der Waals surface area (Å²) >= 11 is 0. The summed E-state index contributed by atoms with van der Waals surface area (Å²) in [6.07, 6.45) is 1.31.